The molecule has 0 bridgehead atoms. The van der Waals surface area contributed by atoms with Gasteiger partial charge in [-0.15, -0.1) is 0 Å². The standard InChI is InChI=1S/C13H19ClN4O/c14-12-3-1-11(2-4-12)9-17-5-7-18(8-6-17)10-13(15)16-19/h1-4,19H,5-10H2,(H2,15,16). The van der Waals surface area contributed by atoms with E-state index in [2.05, 4.69) is 27.1 Å². The molecule has 1 heterocycles. The lowest BCUT2D eigenvalue weighted by Gasteiger charge is -2.34. The topological polar surface area (TPSA) is 65.1 Å². The molecule has 0 radical (unpaired) electrons. The number of piperazine rings is 1. The van der Waals surface area contributed by atoms with Crippen LogP contribution in [0.15, 0.2) is 29.4 Å². The quantitative estimate of drug-likeness (QED) is 0.377. The molecule has 1 aromatic rings. The maximum atomic E-state index is 8.55. The van der Waals surface area contributed by atoms with Crippen LogP contribution in [0, 0.1) is 0 Å². The van der Waals surface area contributed by atoms with Crippen LogP contribution in [0.1, 0.15) is 5.56 Å². The minimum atomic E-state index is 0.270. The van der Waals surface area contributed by atoms with Crippen LogP contribution in [0.25, 0.3) is 0 Å². The third-order valence-electron chi connectivity index (χ3n) is 3.30. The summed E-state index contributed by atoms with van der Waals surface area (Å²) in [6.07, 6.45) is 0. The normalized spacial score (nSPS) is 18.7. The fourth-order valence-corrected chi connectivity index (χ4v) is 2.34. The van der Waals surface area contributed by atoms with E-state index in [-0.39, 0.29) is 5.84 Å². The molecule has 2 rings (SSSR count). The molecule has 0 amide bonds. The van der Waals surface area contributed by atoms with Crippen molar-refractivity contribution in [3.63, 3.8) is 0 Å². The van der Waals surface area contributed by atoms with Gasteiger partial charge in [0.2, 0.25) is 0 Å². The molecule has 1 aliphatic heterocycles. The van der Waals surface area contributed by atoms with Crippen LogP contribution in [-0.2, 0) is 6.54 Å². The average Bonchev–Trinajstić information content (AvgIpc) is 2.43. The van der Waals surface area contributed by atoms with Gasteiger partial charge in [0, 0.05) is 37.7 Å². The molecule has 0 aliphatic carbocycles. The first kappa shape index (κ1) is 14.1. The summed E-state index contributed by atoms with van der Waals surface area (Å²) >= 11 is 5.87. The number of hydrogen-bond acceptors (Lipinski definition) is 4. The molecule has 0 aromatic heterocycles. The van der Waals surface area contributed by atoms with Crippen molar-refractivity contribution in [2.45, 2.75) is 6.54 Å². The van der Waals surface area contributed by atoms with Crippen molar-refractivity contribution in [2.24, 2.45) is 10.9 Å². The fraction of sp³-hybridized carbons (Fsp3) is 0.462. The molecule has 5 nitrogen and oxygen atoms in total. The summed E-state index contributed by atoms with van der Waals surface area (Å²) in [5.74, 6) is 0.270. The van der Waals surface area contributed by atoms with Gasteiger partial charge in [0.25, 0.3) is 0 Å². The number of halogens is 1. The van der Waals surface area contributed by atoms with Crippen molar-refractivity contribution in [1.29, 1.82) is 0 Å². The first-order valence-corrected chi connectivity index (χ1v) is 6.71. The van der Waals surface area contributed by atoms with Crippen LogP contribution in [0.2, 0.25) is 5.02 Å². The Bertz CT molecular complexity index is 427. The summed E-state index contributed by atoms with van der Waals surface area (Å²) in [6.45, 7) is 5.32. The fourth-order valence-electron chi connectivity index (χ4n) is 2.21. The maximum absolute atomic E-state index is 8.55. The van der Waals surface area contributed by atoms with Gasteiger partial charge in [-0.3, -0.25) is 9.80 Å². The van der Waals surface area contributed by atoms with E-state index in [0.29, 0.717) is 6.54 Å². The summed E-state index contributed by atoms with van der Waals surface area (Å²) in [5, 5.41) is 12.3. The lowest BCUT2D eigenvalue weighted by atomic mass is 10.2. The minimum absolute atomic E-state index is 0.270. The zero-order chi connectivity index (χ0) is 13.7. The molecule has 0 atom stereocenters. The lowest BCUT2D eigenvalue weighted by Crippen LogP contribution is -2.48. The van der Waals surface area contributed by atoms with Crippen molar-refractivity contribution in [2.75, 3.05) is 32.7 Å². The van der Waals surface area contributed by atoms with Gasteiger partial charge in [-0.2, -0.15) is 0 Å². The SMILES string of the molecule is NC(CN1CCN(Cc2ccc(Cl)cc2)CC1)=NO. The van der Waals surface area contributed by atoms with Crippen LogP contribution >= 0.6 is 11.6 Å². The van der Waals surface area contributed by atoms with Crippen LogP contribution in [-0.4, -0.2) is 53.6 Å². The van der Waals surface area contributed by atoms with E-state index in [1.165, 1.54) is 5.56 Å². The molecule has 1 aromatic carbocycles. The van der Waals surface area contributed by atoms with Crippen LogP contribution in [0.5, 0.6) is 0 Å². The molecule has 0 unspecified atom stereocenters. The van der Waals surface area contributed by atoms with Crippen molar-refractivity contribution in [3.8, 4) is 0 Å². The van der Waals surface area contributed by atoms with Gasteiger partial charge in [-0.1, -0.05) is 28.9 Å². The van der Waals surface area contributed by atoms with Gasteiger partial charge >= 0.3 is 0 Å². The third kappa shape index (κ3) is 4.38. The highest BCUT2D eigenvalue weighted by Crippen LogP contribution is 2.12. The number of hydrogen-bond donors (Lipinski definition) is 2. The number of benzene rings is 1. The molecule has 1 fully saturated rings. The van der Waals surface area contributed by atoms with E-state index in [1.54, 1.807) is 0 Å². The second-order valence-electron chi connectivity index (χ2n) is 4.77. The Kier molecular flexibility index (Phi) is 5.01. The van der Waals surface area contributed by atoms with Gasteiger partial charge in [0.15, 0.2) is 5.84 Å². The number of rotatable bonds is 4. The number of amidine groups is 1. The molecular formula is C13H19ClN4O. The second-order valence-corrected chi connectivity index (χ2v) is 5.21. The van der Waals surface area contributed by atoms with Gasteiger partial charge in [-0.25, -0.2) is 0 Å². The Morgan fingerprint density at radius 3 is 2.32 bits per heavy atom. The number of oxime groups is 1. The highest BCUT2D eigenvalue weighted by atomic mass is 35.5. The Morgan fingerprint density at radius 2 is 1.74 bits per heavy atom. The summed E-state index contributed by atoms with van der Waals surface area (Å²) in [7, 11) is 0. The van der Waals surface area contributed by atoms with E-state index in [0.717, 1.165) is 37.7 Å². The van der Waals surface area contributed by atoms with Crippen LogP contribution in [0.3, 0.4) is 0 Å². The second kappa shape index (κ2) is 6.75. The molecule has 6 heteroatoms. The molecule has 19 heavy (non-hydrogen) atoms. The molecule has 3 N–H and O–H groups in total. The average molecular weight is 283 g/mol. The summed E-state index contributed by atoms with van der Waals surface area (Å²) in [4.78, 5) is 4.58. The van der Waals surface area contributed by atoms with Crippen molar-refractivity contribution < 1.29 is 5.21 Å². The number of nitrogens with two attached hydrogens (primary N) is 1. The summed E-state index contributed by atoms with van der Waals surface area (Å²) < 4.78 is 0. The molecule has 0 saturated carbocycles. The van der Waals surface area contributed by atoms with E-state index in [1.807, 2.05) is 12.1 Å². The molecule has 1 aliphatic rings. The van der Waals surface area contributed by atoms with Crippen molar-refractivity contribution in [1.82, 2.24) is 9.80 Å². The minimum Gasteiger partial charge on any atom is -0.409 e. The van der Waals surface area contributed by atoms with E-state index in [4.69, 9.17) is 22.5 Å². The summed E-state index contributed by atoms with van der Waals surface area (Å²) in [6, 6.07) is 7.97. The zero-order valence-corrected chi connectivity index (χ0v) is 11.6. The first-order chi connectivity index (χ1) is 9.17. The summed E-state index contributed by atoms with van der Waals surface area (Å²) in [5.41, 5.74) is 6.78. The zero-order valence-electron chi connectivity index (χ0n) is 10.8. The largest absolute Gasteiger partial charge is 0.409 e. The molecule has 0 spiro atoms. The monoisotopic (exact) mass is 282 g/mol. The first-order valence-electron chi connectivity index (χ1n) is 6.33. The van der Waals surface area contributed by atoms with Gasteiger partial charge in [-0.05, 0) is 17.7 Å². The predicted molar refractivity (Wildman–Crippen MR) is 76.6 cm³/mol. The Hall–Kier alpha value is -1.30. The molecular weight excluding hydrogens is 264 g/mol. The van der Waals surface area contributed by atoms with E-state index in [9.17, 15) is 0 Å². The van der Waals surface area contributed by atoms with Crippen molar-refractivity contribution in [3.05, 3.63) is 34.9 Å². The maximum Gasteiger partial charge on any atom is 0.153 e. The van der Waals surface area contributed by atoms with Crippen LogP contribution < -0.4 is 5.73 Å². The Labute approximate surface area is 118 Å². The van der Waals surface area contributed by atoms with E-state index < -0.39 is 0 Å². The predicted octanol–water partition coefficient (Wildman–Crippen LogP) is 1.20. The molecule has 104 valence electrons. The van der Waals surface area contributed by atoms with E-state index >= 15 is 0 Å². The van der Waals surface area contributed by atoms with Gasteiger partial charge in [0.1, 0.15) is 0 Å². The number of nitrogens with zero attached hydrogens (tertiary/aromatic N) is 3. The van der Waals surface area contributed by atoms with Gasteiger partial charge < -0.3 is 10.9 Å². The molecule has 1 saturated heterocycles. The lowest BCUT2D eigenvalue weighted by molar-refractivity contribution is 0.139. The Balaban J connectivity index is 1.78. The van der Waals surface area contributed by atoms with Crippen molar-refractivity contribution >= 4 is 17.4 Å². The van der Waals surface area contributed by atoms with Gasteiger partial charge in [0.05, 0.1) is 6.54 Å². The highest BCUT2D eigenvalue weighted by Gasteiger charge is 2.17. The Morgan fingerprint density at radius 1 is 1.16 bits per heavy atom. The highest BCUT2D eigenvalue weighted by molar-refractivity contribution is 6.30. The van der Waals surface area contributed by atoms with Crippen LogP contribution in [0.4, 0.5) is 0 Å². The third-order valence-corrected chi connectivity index (χ3v) is 3.55. The smallest absolute Gasteiger partial charge is 0.153 e.